The highest BCUT2D eigenvalue weighted by Crippen LogP contribution is 2.59. The zero-order chi connectivity index (χ0) is 5.61. The predicted octanol–water partition coefficient (Wildman–Crippen LogP) is 2.71. The fraction of sp³-hybridized carbons (Fsp3) is 1.00. The quantitative estimate of drug-likeness (QED) is 0.496. The summed E-state index contributed by atoms with van der Waals surface area (Å²) >= 11 is 3.77. The molecule has 2 saturated carbocycles. The molecule has 2 aliphatic carbocycles. The molecule has 1 heteroatoms. The molecule has 0 aliphatic heterocycles. The summed E-state index contributed by atoms with van der Waals surface area (Å²) in [5.41, 5.74) is 0. The summed E-state index contributed by atoms with van der Waals surface area (Å²) in [4.78, 5) is 0. The number of rotatable bonds is 0. The molecule has 0 radical (unpaired) electrons. The highest BCUT2D eigenvalue weighted by atomic mass is 79.9. The third kappa shape index (κ3) is 0.637. The Morgan fingerprint density at radius 1 is 1.38 bits per heavy atom. The minimum Gasteiger partial charge on any atom is -0.0850 e. The van der Waals surface area contributed by atoms with Gasteiger partial charge >= 0.3 is 0 Å². The molecular formula is C7H11Br. The number of hydrogen-bond acceptors (Lipinski definition) is 0. The van der Waals surface area contributed by atoms with Gasteiger partial charge in [-0.2, -0.15) is 0 Å². The Hall–Kier alpha value is 0.480. The molecule has 0 saturated heterocycles. The number of halogens is 1. The minimum atomic E-state index is 0.658. The summed E-state index contributed by atoms with van der Waals surface area (Å²) in [6, 6.07) is 0. The number of hydrogen-bond donors (Lipinski definition) is 0. The van der Waals surface area contributed by atoms with Crippen molar-refractivity contribution in [2.24, 2.45) is 5.92 Å². The number of fused-ring (bicyclic) bond motifs is 1. The lowest BCUT2D eigenvalue weighted by Crippen LogP contribution is -2.06. The Kier molecular flexibility index (Phi) is 0.989. The van der Waals surface area contributed by atoms with Crippen LogP contribution in [0.5, 0.6) is 0 Å². The molecule has 2 fully saturated rings. The lowest BCUT2D eigenvalue weighted by Gasteiger charge is -2.13. The van der Waals surface area contributed by atoms with E-state index in [-0.39, 0.29) is 0 Å². The molecule has 2 aliphatic rings. The van der Waals surface area contributed by atoms with Gasteiger partial charge in [-0.15, -0.1) is 0 Å². The first kappa shape index (κ1) is 5.28. The maximum atomic E-state index is 3.77. The molecule has 0 N–H and O–H groups in total. The molecule has 2 atom stereocenters. The van der Waals surface area contributed by atoms with Crippen LogP contribution in [0.1, 0.15) is 32.1 Å². The maximum absolute atomic E-state index is 3.77. The second kappa shape index (κ2) is 1.50. The molecule has 0 aromatic rings. The average molecular weight is 175 g/mol. The van der Waals surface area contributed by atoms with Crippen LogP contribution in [0.4, 0.5) is 0 Å². The van der Waals surface area contributed by atoms with Crippen LogP contribution < -0.4 is 0 Å². The first-order valence-electron chi connectivity index (χ1n) is 3.50. The van der Waals surface area contributed by atoms with Crippen molar-refractivity contribution < 1.29 is 0 Å². The van der Waals surface area contributed by atoms with Gasteiger partial charge in [-0.25, -0.2) is 0 Å². The number of alkyl halides is 1. The normalized spacial score (nSPS) is 52.9. The zero-order valence-corrected chi connectivity index (χ0v) is 6.58. The molecule has 2 rings (SSSR count). The highest BCUT2D eigenvalue weighted by Gasteiger charge is 2.52. The summed E-state index contributed by atoms with van der Waals surface area (Å²) in [5.74, 6) is 1.07. The van der Waals surface area contributed by atoms with Gasteiger partial charge < -0.3 is 0 Å². The van der Waals surface area contributed by atoms with Gasteiger partial charge in [0.25, 0.3) is 0 Å². The van der Waals surface area contributed by atoms with Gasteiger partial charge in [-0.1, -0.05) is 28.8 Å². The third-order valence-electron chi connectivity index (χ3n) is 2.55. The van der Waals surface area contributed by atoms with Gasteiger partial charge in [0.05, 0.1) is 0 Å². The Labute approximate surface area is 58.8 Å². The van der Waals surface area contributed by atoms with Gasteiger partial charge in [-0.3, -0.25) is 0 Å². The lowest BCUT2D eigenvalue weighted by atomic mass is 10.0. The summed E-state index contributed by atoms with van der Waals surface area (Å²) < 4.78 is 0.658. The van der Waals surface area contributed by atoms with Crippen LogP contribution in [0.15, 0.2) is 0 Å². The van der Waals surface area contributed by atoms with E-state index in [1.807, 2.05) is 0 Å². The molecule has 0 aromatic carbocycles. The van der Waals surface area contributed by atoms with Crippen LogP contribution in [0.2, 0.25) is 0 Å². The average Bonchev–Trinajstić information content (AvgIpc) is 2.39. The van der Waals surface area contributed by atoms with Crippen molar-refractivity contribution in [2.45, 2.75) is 36.4 Å². The van der Waals surface area contributed by atoms with Gasteiger partial charge in [0.15, 0.2) is 0 Å². The summed E-state index contributed by atoms with van der Waals surface area (Å²) in [6.07, 6.45) is 7.34. The van der Waals surface area contributed by atoms with Crippen molar-refractivity contribution in [1.82, 2.24) is 0 Å². The standard InChI is InChI=1S/C7H11Br/c8-7-4-2-1-3-6(7)5-7/h6H,1-5H2/t6-,7+/m1/s1. The van der Waals surface area contributed by atoms with Crippen LogP contribution in [0.25, 0.3) is 0 Å². The van der Waals surface area contributed by atoms with Crippen molar-refractivity contribution in [1.29, 1.82) is 0 Å². The molecule has 0 amide bonds. The molecule has 0 unspecified atom stereocenters. The van der Waals surface area contributed by atoms with Crippen molar-refractivity contribution in [3.8, 4) is 0 Å². The SMILES string of the molecule is Br[C@]12CCCC[C@@H]1C2. The molecule has 0 spiro atoms. The van der Waals surface area contributed by atoms with E-state index in [1.165, 1.54) is 32.1 Å². The summed E-state index contributed by atoms with van der Waals surface area (Å²) in [6.45, 7) is 0. The molecule has 0 aromatic heterocycles. The second-order valence-electron chi connectivity index (χ2n) is 3.18. The first-order valence-corrected chi connectivity index (χ1v) is 4.29. The molecule has 46 valence electrons. The zero-order valence-electron chi connectivity index (χ0n) is 4.99. The van der Waals surface area contributed by atoms with Crippen molar-refractivity contribution >= 4 is 15.9 Å². The third-order valence-corrected chi connectivity index (χ3v) is 3.92. The molecular weight excluding hydrogens is 164 g/mol. The molecule has 0 nitrogen and oxygen atoms in total. The Balaban J connectivity index is 2.04. The van der Waals surface area contributed by atoms with E-state index < -0.39 is 0 Å². The van der Waals surface area contributed by atoms with E-state index in [2.05, 4.69) is 15.9 Å². The molecule has 0 bridgehead atoms. The van der Waals surface area contributed by atoms with Crippen LogP contribution >= 0.6 is 15.9 Å². The summed E-state index contributed by atoms with van der Waals surface area (Å²) in [5, 5.41) is 0. The van der Waals surface area contributed by atoms with Crippen molar-refractivity contribution in [3.05, 3.63) is 0 Å². The van der Waals surface area contributed by atoms with Crippen LogP contribution in [0, 0.1) is 5.92 Å². The van der Waals surface area contributed by atoms with E-state index in [9.17, 15) is 0 Å². The van der Waals surface area contributed by atoms with Gasteiger partial charge in [0.2, 0.25) is 0 Å². The minimum absolute atomic E-state index is 0.658. The fourth-order valence-electron chi connectivity index (χ4n) is 1.83. The highest BCUT2D eigenvalue weighted by molar-refractivity contribution is 9.10. The van der Waals surface area contributed by atoms with Crippen LogP contribution in [0.3, 0.4) is 0 Å². The van der Waals surface area contributed by atoms with E-state index in [4.69, 9.17) is 0 Å². The van der Waals surface area contributed by atoms with Gasteiger partial charge in [0.1, 0.15) is 0 Å². The summed E-state index contributed by atoms with van der Waals surface area (Å²) in [7, 11) is 0. The van der Waals surface area contributed by atoms with E-state index >= 15 is 0 Å². The smallest absolute Gasteiger partial charge is 0.0289 e. The fourth-order valence-corrected chi connectivity index (χ4v) is 2.73. The Bertz CT molecular complexity index is 109. The largest absolute Gasteiger partial charge is 0.0850 e. The Morgan fingerprint density at radius 2 is 2.25 bits per heavy atom. The van der Waals surface area contributed by atoms with Crippen molar-refractivity contribution in [2.75, 3.05) is 0 Å². The molecule has 0 heterocycles. The topological polar surface area (TPSA) is 0 Å². The van der Waals surface area contributed by atoms with Crippen LogP contribution in [-0.4, -0.2) is 4.32 Å². The van der Waals surface area contributed by atoms with Crippen molar-refractivity contribution in [3.63, 3.8) is 0 Å². The predicted molar refractivity (Wildman–Crippen MR) is 38.2 cm³/mol. The second-order valence-corrected chi connectivity index (χ2v) is 4.76. The van der Waals surface area contributed by atoms with Crippen LogP contribution in [-0.2, 0) is 0 Å². The lowest BCUT2D eigenvalue weighted by molar-refractivity contribution is 0.509. The monoisotopic (exact) mass is 174 g/mol. The van der Waals surface area contributed by atoms with E-state index in [1.54, 1.807) is 0 Å². The van der Waals surface area contributed by atoms with Gasteiger partial charge in [0, 0.05) is 4.32 Å². The van der Waals surface area contributed by atoms with E-state index in [0.717, 1.165) is 5.92 Å². The molecule has 8 heavy (non-hydrogen) atoms. The maximum Gasteiger partial charge on any atom is 0.0289 e. The van der Waals surface area contributed by atoms with Gasteiger partial charge in [-0.05, 0) is 25.2 Å². The van der Waals surface area contributed by atoms with E-state index in [0.29, 0.717) is 4.32 Å². The Morgan fingerprint density at radius 3 is 2.75 bits per heavy atom. The first-order chi connectivity index (χ1) is 3.81.